The average molecular weight is 759 g/mol. The number of benzene rings is 4. The van der Waals surface area contributed by atoms with Crippen molar-refractivity contribution in [1.29, 1.82) is 0 Å². The van der Waals surface area contributed by atoms with E-state index < -0.39 is 0 Å². The van der Waals surface area contributed by atoms with Crippen LogP contribution in [-0.2, 0) is 9.47 Å². The molecule has 0 unspecified atom stereocenters. The SMILES string of the molecule is CCCCCCOc1ccc(N=Nc2ccc(C(=O)C[C@H]3CO[C@@H]4[C@H](CC(=O)c5ccc(N=Nc6ccc(OCCCCCC)cc6)cc5)CO[C@H]34)cc2)cc1. The number of carbonyl (C=O) groups excluding carboxylic acids is 2. The van der Waals surface area contributed by atoms with E-state index in [-0.39, 0.29) is 35.6 Å². The fourth-order valence-electron chi connectivity index (χ4n) is 7.03. The molecule has 10 nitrogen and oxygen atoms in total. The highest BCUT2D eigenvalue weighted by atomic mass is 16.6. The largest absolute Gasteiger partial charge is 0.494 e. The van der Waals surface area contributed by atoms with E-state index in [2.05, 4.69) is 34.3 Å². The minimum atomic E-state index is -0.211. The summed E-state index contributed by atoms with van der Waals surface area (Å²) in [7, 11) is 0. The smallest absolute Gasteiger partial charge is 0.163 e. The van der Waals surface area contributed by atoms with Gasteiger partial charge in [0.2, 0.25) is 0 Å². The van der Waals surface area contributed by atoms with Gasteiger partial charge < -0.3 is 18.9 Å². The standard InChI is InChI=1S/C46H54N4O6/c1-3-5-7-9-27-53-41-23-19-39(20-24-41)49-47-37-15-11-33(12-16-37)43(51)29-35-31-55-46-36(32-56-45(35)46)30-44(52)34-13-17-38(18-14-34)48-50-40-21-25-42(26-22-40)54-28-10-8-6-4-2/h11-26,35-36,45-46H,3-10,27-32H2,1-2H3/t35-,36+,45-,46-/m1/s1. The maximum atomic E-state index is 13.3. The normalized spacial score (nSPS) is 19.1. The van der Waals surface area contributed by atoms with Crippen LogP contribution in [0.3, 0.4) is 0 Å². The molecule has 0 amide bonds. The molecule has 4 aromatic rings. The molecule has 0 aromatic heterocycles. The zero-order valence-corrected chi connectivity index (χ0v) is 32.7. The van der Waals surface area contributed by atoms with Crippen molar-refractivity contribution in [2.24, 2.45) is 32.3 Å². The second-order valence-electron chi connectivity index (χ2n) is 14.7. The van der Waals surface area contributed by atoms with Gasteiger partial charge in [0.1, 0.15) is 11.5 Å². The Morgan fingerprint density at radius 1 is 0.500 bits per heavy atom. The predicted octanol–water partition coefficient (Wildman–Crippen LogP) is 12.3. The number of hydrogen-bond donors (Lipinski definition) is 0. The molecule has 294 valence electrons. The summed E-state index contributed by atoms with van der Waals surface area (Å²) in [5, 5.41) is 17.3. The molecule has 2 heterocycles. The zero-order valence-electron chi connectivity index (χ0n) is 32.7. The molecule has 2 aliphatic rings. The number of fused-ring (bicyclic) bond motifs is 1. The molecule has 0 spiro atoms. The van der Waals surface area contributed by atoms with Gasteiger partial charge >= 0.3 is 0 Å². The second-order valence-corrected chi connectivity index (χ2v) is 14.7. The first-order valence-corrected chi connectivity index (χ1v) is 20.3. The van der Waals surface area contributed by atoms with E-state index in [4.69, 9.17) is 18.9 Å². The Kier molecular flexibility index (Phi) is 15.4. The molecule has 0 aliphatic carbocycles. The molecule has 2 aliphatic heterocycles. The third-order valence-corrected chi connectivity index (χ3v) is 10.3. The van der Waals surface area contributed by atoms with Gasteiger partial charge in [0.15, 0.2) is 11.6 Å². The Bertz CT molecular complexity index is 1740. The number of azo groups is 2. The minimum absolute atomic E-state index is 0.0209. The summed E-state index contributed by atoms with van der Waals surface area (Å²) in [5.74, 6) is 1.56. The fraction of sp³-hybridized carbons (Fsp3) is 0.435. The Morgan fingerprint density at radius 2 is 0.839 bits per heavy atom. The summed E-state index contributed by atoms with van der Waals surface area (Å²) < 4.78 is 23.9. The molecule has 4 aromatic carbocycles. The van der Waals surface area contributed by atoms with Crippen LogP contribution in [0.25, 0.3) is 0 Å². The number of ether oxygens (including phenoxy) is 4. The van der Waals surface area contributed by atoms with Crippen LogP contribution in [0.1, 0.15) is 98.8 Å². The third kappa shape index (κ3) is 12.0. The van der Waals surface area contributed by atoms with E-state index >= 15 is 0 Å². The van der Waals surface area contributed by atoms with Gasteiger partial charge in [-0.3, -0.25) is 9.59 Å². The van der Waals surface area contributed by atoms with Crippen LogP contribution < -0.4 is 9.47 Å². The zero-order chi connectivity index (χ0) is 39.0. The van der Waals surface area contributed by atoms with Gasteiger partial charge in [0.05, 0.1) is 61.4 Å². The predicted molar refractivity (Wildman–Crippen MR) is 218 cm³/mol. The average Bonchev–Trinajstić information content (AvgIpc) is 3.83. The van der Waals surface area contributed by atoms with Gasteiger partial charge in [-0.15, -0.1) is 0 Å². The highest BCUT2D eigenvalue weighted by Crippen LogP contribution is 2.39. The van der Waals surface area contributed by atoms with Crippen LogP contribution in [0.5, 0.6) is 11.5 Å². The van der Waals surface area contributed by atoms with Crippen LogP contribution in [0.15, 0.2) is 118 Å². The summed E-state index contributed by atoms with van der Waals surface area (Å²) in [6.45, 7) is 6.68. The maximum Gasteiger partial charge on any atom is 0.163 e. The number of hydrogen-bond acceptors (Lipinski definition) is 10. The topological polar surface area (TPSA) is 120 Å². The Hall–Kier alpha value is -5.06. The van der Waals surface area contributed by atoms with Crippen molar-refractivity contribution in [2.45, 2.75) is 90.3 Å². The van der Waals surface area contributed by atoms with Crippen molar-refractivity contribution in [3.05, 3.63) is 108 Å². The van der Waals surface area contributed by atoms with Crippen LogP contribution in [-0.4, -0.2) is 50.2 Å². The molecular weight excluding hydrogens is 705 g/mol. The lowest BCUT2D eigenvalue weighted by molar-refractivity contribution is 0.0575. The summed E-state index contributed by atoms with van der Waals surface area (Å²) in [6, 6.07) is 29.5. The number of carbonyl (C=O) groups is 2. The van der Waals surface area contributed by atoms with Gasteiger partial charge in [-0.2, -0.15) is 20.5 Å². The van der Waals surface area contributed by atoms with Gasteiger partial charge in [-0.05, 0) is 110 Å². The quantitative estimate of drug-likeness (QED) is 0.0447. The third-order valence-electron chi connectivity index (χ3n) is 10.3. The van der Waals surface area contributed by atoms with Gasteiger partial charge in [-0.1, -0.05) is 52.4 Å². The van der Waals surface area contributed by atoms with E-state index in [9.17, 15) is 9.59 Å². The minimum Gasteiger partial charge on any atom is -0.494 e. The van der Waals surface area contributed by atoms with Crippen molar-refractivity contribution in [3.8, 4) is 11.5 Å². The summed E-state index contributed by atoms with van der Waals surface area (Å²) in [5.41, 5.74) is 3.99. The lowest BCUT2D eigenvalue weighted by Gasteiger charge is -2.16. The van der Waals surface area contributed by atoms with E-state index in [1.54, 1.807) is 48.5 Å². The molecular formula is C46H54N4O6. The molecule has 4 atom stereocenters. The van der Waals surface area contributed by atoms with Gasteiger partial charge in [0, 0.05) is 35.8 Å². The first-order valence-electron chi connectivity index (χ1n) is 20.3. The second kappa shape index (κ2) is 21.3. The van der Waals surface area contributed by atoms with Gasteiger partial charge in [0.25, 0.3) is 0 Å². The van der Waals surface area contributed by atoms with Gasteiger partial charge in [-0.25, -0.2) is 0 Å². The Labute approximate surface area is 330 Å². The van der Waals surface area contributed by atoms with Crippen LogP contribution in [0.4, 0.5) is 22.7 Å². The number of Topliss-reactive ketones (excluding diaryl/α,β-unsaturated/α-hetero) is 2. The molecule has 0 saturated carbocycles. The maximum absolute atomic E-state index is 13.3. The first kappa shape index (κ1) is 40.6. The van der Waals surface area contributed by atoms with Crippen molar-refractivity contribution < 1.29 is 28.5 Å². The Balaban J connectivity index is 0.920. The van der Waals surface area contributed by atoms with Crippen LogP contribution in [0, 0.1) is 11.8 Å². The number of nitrogens with zero attached hydrogens (tertiary/aromatic N) is 4. The molecule has 56 heavy (non-hydrogen) atoms. The van der Waals surface area contributed by atoms with E-state index in [1.807, 2.05) is 48.5 Å². The summed E-state index contributed by atoms with van der Waals surface area (Å²) >= 11 is 0. The Morgan fingerprint density at radius 3 is 1.18 bits per heavy atom. The molecule has 0 radical (unpaired) electrons. The highest BCUT2D eigenvalue weighted by Gasteiger charge is 2.48. The molecule has 0 N–H and O–H groups in total. The van der Waals surface area contributed by atoms with E-state index in [0.717, 1.165) is 48.9 Å². The van der Waals surface area contributed by atoms with Crippen molar-refractivity contribution in [2.75, 3.05) is 26.4 Å². The number of rotatable bonds is 22. The summed E-state index contributed by atoms with van der Waals surface area (Å²) in [4.78, 5) is 26.5. The molecule has 6 rings (SSSR count). The lowest BCUT2D eigenvalue weighted by Crippen LogP contribution is -2.28. The number of unbranched alkanes of at least 4 members (excludes halogenated alkanes) is 6. The van der Waals surface area contributed by atoms with E-state index in [0.29, 0.717) is 48.6 Å². The monoisotopic (exact) mass is 758 g/mol. The van der Waals surface area contributed by atoms with Crippen molar-refractivity contribution in [3.63, 3.8) is 0 Å². The van der Waals surface area contributed by atoms with Crippen LogP contribution >= 0.6 is 0 Å². The molecule has 10 heteroatoms. The first-order chi connectivity index (χ1) is 27.5. The van der Waals surface area contributed by atoms with Crippen LogP contribution in [0.2, 0.25) is 0 Å². The van der Waals surface area contributed by atoms with Crippen molar-refractivity contribution >= 4 is 34.3 Å². The molecule has 0 bridgehead atoms. The highest BCUT2D eigenvalue weighted by molar-refractivity contribution is 5.97. The molecule has 2 saturated heterocycles. The fourth-order valence-corrected chi connectivity index (χ4v) is 7.03. The summed E-state index contributed by atoms with van der Waals surface area (Å²) in [6.07, 6.45) is 9.55. The van der Waals surface area contributed by atoms with E-state index in [1.165, 1.54) is 38.5 Å². The molecule has 2 fully saturated rings. The number of ketones is 2. The van der Waals surface area contributed by atoms with Crippen molar-refractivity contribution in [1.82, 2.24) is 0 Å². The lowest BCUT2D eigenvalue weighted by atomic mass is 9.88.